The van der Waals surface area contributed by atoms with Gasteiger partial charge in [0.05, 0.1) is 12.7 Å². The first-order valence-corrected chi connectivity index (χ1v) is 5.52. The smallest absolute Gasteiger partial charge is 0.185 e. The first-order valence-electron chi connectivity index (χ1n) is 4.71. The van der Waals surface area contributed by atoms with Crippen LogP contribution in [0.5, 0.6) is 5.06 Å². The Balaban J connectivity index is 2.94. The Bertz CT molecular complexity index is 526. The first kappa shape index (κ1) is 10.2. The van der Waals surface area contributed by atoms with Crippen LogP contribution in [0.1, 0.15) is 21.5 Å². The van der Waals surface area contributed by atoms with Gasteiger partial charge in [-0.1, -0.05) is 23.5 Å². The normalized spacial score (nSPS) is 10.6. The fraction of sp³-hybridized carbons (Fsp3) is 0.250. The van der Waals surface area contributed by atoms with Crippen molar-refractivity contribution in [3.05, 3.63) is 28.8 Å². The average molecular weight is 220 g/mol. The maximum absolute atomic E-state index is 11.1. The molecular weight excluding hydrogens is 208 g/mol. The van der Waals surface area contributed by atoms with Crippen LogP contribution in [-0.2, 0) is 0 Å². The predicted molar refractivity (Wildman–Crippen MR) is 63.2 cm³/mol. The second-order valence-corrected chi connectivity index (χ2v) is 4.51. The highest BCUT2D eigenvalue weighted by molar-refractivity contribution is 7.21. The van der Waals surface area contributed by atoms with Crippen molar-refractivity contribution >= 4 is 27.7 Å². The monoisotopic (exact) mass is 220 g/mol. The van der Waals surface area contributed by atoms with E-state index in [1.165, 1.54) is 16.9 Å². The molecule has 1 heterocycles. The lowest BCUT2D eigenvalue weighted by Crippen LogP contribution is -1.86. The third-order valence-corrected chi connectivity index (χ3v) is 3.85. The maximum atomic E-state index is 11.1. The number of thiophene rings is 1. The van der Waals surface area contributed by atoms with E-state index in [2.05, 4.69) is 6.07 Å². The van der Waals surface area contributed by atoms with Crippen molar-refractivity contribution < 1.29 is 9.53 Å². The lowest BCUT2D eigenvalue weighted by Gasteiger charge is -1.99. The largest absolute Gasteiger partial charge is 0.487 e. The van der Waals surface area contributed by atoms with Crippen LogP contribution in [-0.4, -0.2) is 13.4 Å². The first-order chi connectivity index (χ1) is 7.19. The van der Waals surface area contributed by atoms with Gasteiger partial charge in [-0.25, -0.2) is 0 Å². The highest BCUT2D eigenvalue weighted by atomic mass is 32.1. The summed E-state index contributed by atoms with van der Waals surface area (Å²) < 4.78 is 6.37. The van der Waals surface area contributed by atoms with Gasteiger partial charge in [-0.15, -0.1) is 0 Å². The third-order valence-electron chi connectivity index (χ3n) is 2.55. The van der Waals surface area contributed by atoms with E-state index in [9.17, 15) is 4.79 Å². The second kappa shape index (κ2) is 3.66. The number of carbonyl (C=O) groups is 1. The molecule has 0 N–H and O–H groups in total. The van der Waals surface area contributed by atoms with Crippen molar-refractivity contribution in [2.45, 2.75) is 13.8 Å². The molecule has 0 saturated heterocycles. The van der Waals surface area contributed by atoms with Gasteiger partial charge in [0.2, 0.25) is 0 Å². The second-order valence-electron chi connectivity index (χ2n) is 3.53. The van der Waals surface area contributed by atoms with Crippen LogP contribution < -0.4 is 4.74 Å². The molecule has 2 nitrogen and oxygen atoms in total. The van der Waals surface area contributed by atoms with Crippen molar-refractivity contribution in [3.63, 3.8) is 0 Å². The summed E-state index contributed by atoms with van der Waals surface area (Å²) in [5.74, 6) is 0. The summed E-state index contributed by atoms with van der Waals surface area (Å²) in [6, 6.07) is 4.11. The third kappa shape index (κ3) is 1.43. The van der Waals surface area contributed by atoms with Gasteiger partial charge in [0.25, 0.3) is 0 Å². The molecule has 1 aromatic heterocycles. The molecule has 0 aliphatic heterocycles. The molecule has 3 heteroatoms. The molecule has 0 fully saturated rings. The van der Waals surface area contributed by atoms with E-state index in [1.807, 2.05) is 19.9 Å². The SMILES string of the molecule is COc1sc2c(C)ccc(C)c2c1C=O. The molecule has 2 rings (SSSR count). The minimum atomic E-state index is 0.679. The molecule has 0 spiro atoms. The van der Waals surface area contributed by atoms with Crippen LogP contribution in [0.3, 0.4) is 0 Å². The summed E-state index contributed by atoms with van der Waals surface area (Å²) in [7, 11) is 1.60. The number of hydrogen-bond acceptors (Lipinski definition) is 3. The predicted octanol–water partition coefficient (Wildman–Crippen LogP) is 3.34. The number of fused-ring (bicyclic) bond motifs is 1. The van der Waals surface area contributed by atoms with Gasteiger partial charge in [0.15, 0.2) is 11.3 Å². The van der Waals surface area contributed by atoms with Crippen LogP contribution in [0, 0.1) is 13.8 Å². The molecule has 0 amide bonds. The van der Waals surface area contributed by atoms with Gasteiger partial charge in [-0.05, 0) is 25.0 Å². The maximum Gasteiger partial charge on any atom is 0.185 e. The zero-order chi connectivity index (χ0) is 11.0. The molecule has 0 aliphatic carbocycles. The molecule has 0 aliphatic rings. The van der Waals surface area contributed by atoms with E-state index in [0.29, 0.717) is 10.6 Å². The quantitative estimate of drug-likeness (QED) is 0.725. The molecule has 0 bridgehead atoms. The Kier molecular flexibility index (Phi) is 2.49. The zero-order valence-corrected chi connectivity index (χ0v) is 9.77. The number of benzene rings is 1. The number of rotatable bonds is 2. The molecule has 0 radical (unpaired) electrons. The summed E-state index contributed by atoms with van der Waals surface area (Å²) in [5, 5.41) is 1.74. The van der Waals surface area contributed by atoms with Gasteiger partial charge in [-0.2, -0.15) is 0 Å². The Hall–Kier alpha value is -1.35. The van der Waals surface area contributed by atoms with Crippen LogP contribution in [0.25, 0.3) is 10.1 Å². The topological polar surface area (TPSA) is 26.3 Å². The fourth-order valence-electron chi connectivity index (χ4n) is 1.76. The van der Waals surface area contributed by atoms with Crippen LogP contribution >= 0.6 is 11.3 Å². The van der Waals surface area contributed by atoms with Gasteiger partial charge < -0.3 is 4.74 Å². The van der Waals surface area contributed by atoms with Gasteiger partial charge >= 0.3 is 0 Å². The van der Waals surface area contributed by atoms with E-state index < -0.39 is 0 Å². The fourth-order valence-corrected chi connectivity index (χ4v) is 2.89. The summed E-state index contributed by atoms with van der Waals surface area (Å²) >= 11 is 1.54. The van der Waals surface area contributed by atoms with Crippen molar-refractivity contribution in [2.24, 2.45) is 0 Å². The molecule has 0 unspecified atom stereocenters. The Labute approximate surface area is 92.5 Å². The van der Waals surface area contributed by atoms with Crippen molar-refractivity contribution in [2.75, 3.05) is 7.11 Å². The molecule has 0 atom stereocenters. The molecule has 15 heavy (non-hydrogen) atoms. The zero-order valence-electron chi connectivity index (χ0n) is 8.96. The van der Waals surface area contributed by atoms with Gasteiger partial charge in [0, 0.05) is 10.1 Å². The molecular formula is C12H12O2S. The van der Waals surface area contributed by atoms with E-state index in [4.69, 9.17) is 4.74 Å². The highest BCUT2D eigenvalue weighted by Crippen LogP contribution is 2.39. The van der Waals surface area contributed by atoms with E-state index >= 15 is 0 Å². The molecule has 0 saturated carbocycles. The van der Waals surface area contributed by atoms with Crippen LogP contribution in [0.15, 0.2) is 12.1 Å². The number of ether oxygens (including phenoxy) is 1. The number of hydrogen-bond donors (Lipinski definition) is 0. The van der Waals surface area contributed by atoms with Crippen LogP contribution in [0.2, 0.25) is 0 Å². The molecule has 1 aromatic carbocycles. The number of aryl methyl sites for hydroxylation is 2. The van der Waals surface area contributed by atoms with E-state index in [0.717, 1.165) is 21.9 Å². The summed E-state index contributed by atoms with van der Waals surface area (Å²) in [4.78, 5) is 11.1. The average Bonchev–Trinajstić information content (AvgIpc) is 2.63. The van der Waals surface area contributed by atoms with Gasteiger partial charge in [-0.3, -0.25) is 4.79 Å². The Morgan fingerprint density at radius 3 is 2.53 bits per heavy atom. The summed E-state index contributed by atoms with van der Waals surface area (Å²) in [5.41, 5.74) is 2.99. The van der Waals surface area contributed by atoms with Crippen molar-refractivity contribution in [1.82, 2.24) is 0 Å². The molecule has 2 aromatic rings. The molecule has 78 valence electrons. The van der Waals surface area contributed by atoms with Crippen molar-refractivity contribution in [3.8, 4) is 5.06 Å². The summed E-state index contributed by atoms with van der Waals surface area (Å²) in [6.45, 7) is 4.06. The van der Waals surface area contributed by atoms with E-state index in [1.54, 1.807) is 7.11 Å². The van der Waals surface area contributed by atoms with Crippen molar-refractivity contribution in [1.29, 1.82) is 0 Å². The Morgan fingerprint density at radius 1 is 1.27 bits per heavy atom. The number of methoxy groups -OCH3 is 1. The highest BCUT2D eigenvalue weighted by Gasteiger charge is 2.15. The standard InChI is InChI=1S/C12H12O2S/c1-7-4-5-8(2)11-10(7)9(6-13)12(14-3)15-11/h4-6H,1-3H3. The summed E-state index contributed by atoms with van der Waals surface area (Å²) in [6.07, 6.45) is 0.879. The number of carbonyl (C=O) groups excluding carboxylic acids is 1. The Morgan fingerprint density at radius 2 is 1.93 bits per heavy atom. The van der Waals surface area contributed by atoms with E-state index in [-0.39, 0.29) is 0 Å². The minimum absolute atomic E-state index is 0.679. The number of aldehydes is 1. The van der Waals surface area contributed by atoms with Gasteiger partial charge in [0.1, 0.15) is 0 Å². The lowest BCUT2D eigenvalue weighted by atomic mass is 10.1. The minimum Gasteiger partial charge on any atom is -0.487 e. The lowest BCUT2D eigenvalue weighted by molar-refractivity contribution is 0.112. The van der Waals surface area contributed by atoms with Crippen LogP contribution in [0.4, 0.5) is 0 Å².